The summed E-state index contributed by atoms with van der Waals surface area (Å²) in [5.74, 6) is -0.224. The first-order valence-corrected chi connectivity index (χ1v) is 10.2. The van der Waals surface area contributed by atoms with Gasteiger partial charge in [-0.15, -0.1) is 12.4 Å². The monoisotopic (exact) mass is 427 g/mol. The van der Waals surface area contributed by atoms with Gasteiger partial charge in [0.1, 0.15) is 5.82 Å². The molecule has 0 bridgehead atoms. The van der Waals surface area contributed by atoms with Crippen LogP contribution in [0, 0.1) is 18.7 Å². The average molecular weight is 428 g/mol. The Morgan fingerprint density at radius 2 is 1.86 bits per heavy atom. The van der Waals surface area contributed by atoms with Crippen LogP contribution < -0.4 is 15.8 Å². The molecule has 3 rings (SSSR count). The summed E-state index contributed by atoms with van der Waals surface area (Å²) < 4.78 is 40.6. The van der Waals surface area contributed by atoms with Crippen LogP contribution in [0.4, 0.5) is 10.1 Å². The van der Waals surface area contributed by atoms with Crippen LogP contribution in [0.1, 0.15) is 28.8 Å². The van der Waals surface area contributed by atoms with Crippen molar-refractivity contribution in [2.45, 2.75) is 30.7 Å². The Morgan fingerprint density at radius 1 is 1.21 bits per heavy atom. The zero-order valence-corrected chi connectivity index (χ0v) is 16.9. The smallest absolute Gasteiger partial charge is 0.261 e. The van der Waals surface area contributed by atoms with Crippen LogP contribution in [0.2, 0.25) is 0 Å². The van der Waals surface area contributed by atoms with Crippen LogP contribution in [0.25, 0.3) is 0 Å². The number of amides is 1. The summed E-state index contributed by atoms with van der Waals surface area (Å²) in [5.41, 5.74) is 6.93. The molecule has 4 N–H and O–H groups in total. The normalized spacial score (nSPS) is 14.7. The third-order valence-corrected chi connectivity index (χ3v) is 5.94. The minimum Gasteiger partial charge on any atom is -0.350 e. The second kappa shape index (κ2) is 8.89. The molecule has 1 unspecified atom stereocenters. The highest BCUT2D eigenvalue weighted by Gasteiger charge is 2.28. The fraction of sp³-hybridized carbons (Fsp3) is 0.316. The van der Waals surface area contributed by atoms with Crippen molar-refractivity contribution in [1.29, 1.82) is 0 Å². The van der Waals surface area contributed by atoms with Crippen molar-refractivity contribution < 1.29 is 17.6 Å². The van der Waals surface area contributed by atoms with Crippen LogP contribution in [0.5, 0.6) is 0 Å². The van der Waals surface area contributed by atoms with Crippen LogP contribution in [0.3, 0.4) is 0 Å². The number of anilines is 1. The Bertz CT molecular complexity index is 947. The van der Waals surface area contributed by atoms with Crippen molar-refractivity contribution in [3.05, 3.63) is 59.4 Å². The molecule has 1 aliphatic rings. The number of benzene rings is 2. The Morgan fingerprint density at radius 3 is 2.43 bits per heavy atom. The van der Waals surface area contributed by atoms with Gasteiger partial charge in [0.05, 0.1) is 4.90 Å². The molecule has 28 heavy (non-hydrogen) atoms. The summed E-state index contributed by atoms with van der Waals surface area (Å²) in [5, 5.41) is 2.79. The van der Waals surface area contributed by atoms with E-state index in [4.69, 9.17) is 5.73 Å². The van der Waals surface area contributed by atoms with Crippen LogP contribution >= 0.6 is 12.4 Å². The molecule has 152 valence electrons. The summed E-state index contributed by atoms with van der Waals surface area (Å²) in [6.07, 6.45) is 2.22. The molecular weight excluding hydrogens is 405 g/mol. The quantitative estimate of drug-likeness (QED) is 0.632. The van der Waals surface area contributed by atoms with E-state index in [1.54, 1.807) is 0 Å². The summed E-state index contributed by atoms with van der Waals surface area (Å²) in [7, 11) is -3.84. The fourth-order valence-electron chi connectivity index (χ4n) is 2.69. The molecule has 1 aliphatic carbocycles. The summed E-state index contributed by atoms with van der Waals surface area (Å²) in [6, 6.07) is 9.63. The van der Waals surface area contributed by atoms with Gasteiger partial charge >= 0.3 is 0 Å². The van der Waals surface area contributed by atoms with Gasteiger partial charge in [-0.05, 0) is 73.7 Å². The van der Waals surface area contributed by atoms with Crippen molar-refractivity contribution in [2.75, 3.05) is 11.3 Å². The maximum Gasteiger partial charge on any atom is 0.261 e. The predicted octanol–water partition coefficient (Wildman–Crippen LogP) is 2.82. The van der Waals surface area contributed by atoms with Gasteiger partial charge in [-0.1, -0.05) is 0 Å². The summed E-state index contributed by atoms with van der Waals surface area (Å²) in [4.78, 5) is 12.1. The highest BCUT2D eigenvalue weighted by Crippen LogP contribution is 2.31. The second-order valence-electron chi connectivity index (χ2n) is 6.81. The number of hydrogen-bond donors (Lipinski definition) is 3. The number of carbonyl (C=O) groups is 1. The van der Waals surface area contributed by atoms with Gasteiger partial charge in [0, 0.05) is 23.8 Å². The molecule has 0 saturated heterocycles. The third-order valence-electron chi connectivity index (χ3n) is 4.56. The van der Waals surface area contributed by atoms with Gasteiger partial charge in [0.2, 0.25) is 0 Å². The zero-order valence-electron chi connectivity index (χ0n) is 15.3. The van der Waals surface area contributed by atoms with E-state index in [2.05, 4.69) is 10.0 Å². The topological polar surface area (TPSA) is 101 Å². The Labute approximate surface area is 170 Å². The summed E-state index contributed by atoms with van der Waals surface area (Å²) in [6.45, 7) is 1.92. The Hall–Kier alpha value is -2.16. The van der Waals surface area contributed by atoms with E-state index in [0.29, 0.717) is 23.7 Å². The van der Waals surface area contributed by atoms with Gasteiger partial charge in [0.25, 0.3) is 15.9 Å². The maximum atomic E-state index is 13.3. The summed E-state index contributed by atoms with van der Waals surface area (Å²) >= 11 is 0. The van der Waals surface area contributed by atoms with Crippen molar-refractivity contribution in [2.24, 2.45) is 11.7 Å². The fourth-order valence-corrected chi connectivity index (χ4v) is 3.84. The van der Waals surface area contributed by atoms with Crippen LogP contribution in [-0.2, 0) is 10.0 Å². The predicted molar refractivity (Wildman–Crippen MR) is 109 cm³/mol. The molecule has 0 heterocycles. The molecule has 1 atom stereocenters. The lowest BCUT2D eigenvalue weighted by Crippen LogP contribution is -2.38. The molecule has 2 aromatic rings. The van der Waals surface area contributed by atoms with E-state index in [1.807, 2.05) is 0 Å². The van der Waals surface area contributed by atoms with Crippen LogP contribution in [0.15, 0.2) is 47.4 Å². The minimum atomic E-state index is -3.84. The van der Waals surface area contributed by atoms with Crippen molar-refractivity contribution >= 4 is 34.0 Å². The largest absolute Gasteiger partial charge is 0.350 e. The molecule has 1 amide bonds. The average Bonchev–Trinajstić information content (AvgIpc) is 3.47. The van der Waals surface area contributed by atoms with Gasteiger partial charge in [-0.25, -0.2) is 12.8 Å². The van der Waals surface area contributed by atoms with E-state index >= 15 is 0 Å². The highest BCUT2D eigenvalue weighted by molar-refractivity contribution is 7.92. The number of aryl methyl sites for hydroxylation is 1. The van der Waals surface area contributed by atoms with Crippen molar-refractivity contribution in [3.8, 4) is 0 Å². The van der Waals surface area contributed by atoms with Gasteiger partial charge in [-0.3, -0.25) is 9.52 Å². The second-order valence-corrected chi connectivity index (χ2v) is 8.49. The molecule has 0 aliphatic heterocycles. The molecule has 0 aromatic heterocycles. The molecule has 1 saturated carbocycles. The van der Waals surface area contributed by atoms with E-state index in [-0.39, 0.29) is 34.8 Å². The number of nitrogens with one attached hydrogen (secondary N) is 2. The lowest BCUT2D eigenvalue weighted by atomic mass is 10.1. The Kier molecular flexibility index (Phi) is 7.03. The minimum absolute atomic E-state index is 0. The first-order chi connectivity index (χ1) is 12.8. The van der Waals surface area contributed by atoms with E-state index in [9.17, 15) is 17.6 Å². The number of carbonyl (C=O) groups excluding carboxylic acids is 1. The van der Waals surface area contributed by atoms with E-state index in [0.717, 1.165) is 18.9 Å². The standard InChI is InChI=1S/C19H22FN3O3S.ClH/c1-12-10-16(8-9-17(12)20)27(25,26)23-15-6-4-14(5-7-15)19(24)22-11-18(21)13-2-3-13;/h4-10,13,18,23H,2-3,11,21H2,1H3,(H,22,24);1H. The first kappa shape index (κ1) is 22.1. The lowest BCUT2D eigenvalue weighted by Gasteiger charge is -2.12. The number of nitrogens with two attached hydrogens (primary N) is 1. The molecular formula is C19H23ClFN3O3S. The van der Waals surface area contributed by atoms with E-state index in [1.165, 1.54) is 43.3 Å². The first-order valence-electron chi connectivity index (χ1n) is 8.69. The SMILES string of the molecule is Cc1cc(S(=O)(=O)Nc2ccc(C(=O)NCC(N)C3CC3)cc2)ccc1F.Cl. The maximum absolute atomic E-state index is 13.3. The van der Waals surface area contributed by atoms with Crippen LogP contribution in [-0.4, -0.2) is 26.9 Å². The third kappa shape index (κ3) is 5.43. The number of sulfonamides is 1. The van der Waals surface area contributed by atoms with Gasteiger partial charge in [-0.2, -0.15) is 0 Å². The highest BCUT2D eigenvalue weighted by atomic mass is 35.5. The Balaban J connectivity index is 0.00000280. The lowest BCUT2D eigenvalue weighted by molar-refractivity contribution is 0.0950. The number of hydrogen-bond acceptors (Lipinski definition) is 4. The number of rotatable bonds is 7. The molecule has 1 fully saturated rings. The zero-order chi connectivity index (χ0) is 19.6. The molecule has 6 nitrogen and oxygen atoms in total. The van der Waals surface area contributed by atoms with Crippen molar-refractivity contribution in [3.63, 3.8) is 0 Å². The molecule has 9 heteroatoms. The number of halogens is 2. The molecule has 0 radical (unpaired) electrons. The molecule has 0 spiro atoms. The van der Waals surface area contributed by atoms with Gasteiger partial charge < -0.3 is 11.1 Å². The molecule has 2 aromatic carbocycles. The van der Waals surface area contributed by atoms with Gasteiger partial charge in [0.15, 0.2) is 0 Å². The van der Waals surface area contributed by atoms with Crippen molar-refractivity contribution in [1.82, 2.24) is 5.32 Å². The van der Waals surface area contributed by atoms with E-state index < -0.39 is 15.8 Å².